The van der Waals surface area contributed by atoms with Crippen molar-refractivity contribution in [2.75, 3.05) is 38.9 Å². The van der Waals surface area contributed by atoms with Gasteiger partial charge in [0.1, 0.15) is 6.10 Å². The van der Waals surface area contributed by atoms with E-state index in [1.807, 2.05) is 32.2 Å². The molecule has 1 fully saturated rings. The average molecular weight is 567 g/mol. The van der Waals surface area contributed by atoms with Crippen LogP contribution in [0.4, 0.5) is 10.5 Å². The molecule has 3 amide bonds. The van der Waals surface area contributed by atoms with Gasteiger partial charge in [0.2, 0.25) is 6.79 Å². The fourth-order valence-electron chi connectivity index (χ4n) is 5.87. The lowest BCUT2D eigenvalue weighted by Gasteiger charge is -2.38. The normalized spacial score (nSPS) is 21.5. The molecule has 2 aromatic carbocycles. The highest BCUT2D eigenvalue weighted by Gasteiger charge is 2.35. The van der Waals surface area contributed by atoms with Gasteiger partial charge in [-0.15, -0.1) is 0 Å². The Balaban J connectivity index is 1.38. The Kier molecular flexibility index (Phi) is 9.19. The molecule has 0 spiro atoms. The molecule has 2 aromatic rings. The topological polar surface area (TPSA) is 113 Å². The predicted octanol–water partition coefficient (Wildman–Crippen LogP) is 4.22. The predicted molar refractivity (Wildman–Crippen MR) is 156 cm³/mol. The van der Waals surface area contributed by atoms with Gasteiger partial charge in [0.05, 0.1) is 23.9 Å². The van der Waals surface area contributed by atoms with Crippen LogP contribution >= 0.6 is 0 Å². The average Bonchev–Trinajstić information content (AvgIpc) is 3.43. The quantitative estimate of drug-likeness (QED) is 0.439. The van der Waals surface area contributed by atoms with Crippen LogP contribution in [0.3, 0.4) is 0 Å². The van der Waals surface area contributed by atoms with E-state index >= 15 is 0 Å². The summed E-state index contributed by atoms with van der Waals surface area (Å²) >= 11 is 0. The van der Waals surface area contributed by atoms with Crippen molar-refractivity contribution in [1.82, 2.24) is 15.1 Å². The number of hydrogen-bond donors (Lipinski definition) is 3. The number of rotatable bonds is 8. The second-order valence-electron chi connectivity index (χ2n) is 11.6. The Labute approximate surface area is 241 Å². The van der Waals surface area contributed by atoms with E-state index in [0.29, 0.717) is 36.6 Å². The van der Waals surface area contributed by atoms with Gasteiger partial charge in [-0.3, -0.25) is 9.69 Å². The Hall–Kier alpha value is -3.50. The summed E-state index contributed by atoms with van der Waals surface area (Å²) in [6, 6.07) is 10.7. The van der Waals surface area contributed by atoms with Crippen LogP contribution in [-0.2, 0) is 6.54 Å². The van der Waals surface area contributed by atoms with Crippen LogP contribution in [0.25, 0.3) is 0 Å². The van der Waals surface area contributed by atoms with Crippen LogP contribution in [0, 0.1) is 5.92 Å². The molecule has 3 aliphatic rings. The zero-order valence-corrected chi connectivity index (χ0v) is 24.2. The molecule has 10 nitrogen and oxygen atoms in total. The highest BCUT2D eigenvalue weighted by molar-refractivity contribution is 6.01. The molecule has 0 radical (unpaired) electrons. The van der Waals surface area contributed by atoms with Gasteiger partial charge in [-0.05, 0) is 56.6 Å². The number of para-hydroxylation sites is 1. The summed E-state index contributed by atoms with van der Waals surface area (Å²) in [5.41, 5.74) is 1.91. The first-order valence-electron chi connectivity index (χ1n) is 14.7. The summed E-state index contributed by atoms with van der Waals surface area (Å²) < 4.78 is 17.6. The largest absolute Gasteiger partial charge is 0.486 e. The number of fused-ring (bicyclic) bond motifs is 2. The standard InChI is InChI=1S/C31H42N4O6/c1-20-15-35(21(2)18-36)30(37)24-10-7-11-25(33-31(38)32-23-8-5-4-6-9-23)29(24)41-28(20)17-34(3)16-22-12-13-26-27(14-22)40-19-39-26/h7,10-14,20-21,23,28,36H,4-6,8-9,15-19H2,1-3H3,(H2,32,33,38)/t20-,21-,28-/m1/s1. The molecule has 0 bridgehead atoms. The van der Waals surface area contributed by atoms with Gasteiger partial charge in [0.25, 0.3) is 5.91 Å². The SMILES string of the molecule is C[C@@H]1CN([C@H](C)CO)C(=O)c2cccc(NC(=O)NC3CCCCC3)c2O[C@@H]1CN(C)Cc1ccc2c(c1)OCO2. The lowest BCUT2D eigenvalue weighted by molar-refractivity contribution is 0.0343. The Morgan fingerprint density at radius 1 is 1.15 bits per heavy atom. The third-order valence-corrected chi connectivity index (χ3v) is 8.26. The van der Waals surface area contributed by atoms with E-state index < -0.39 is 0 Å². The number of aliphatic hydroxyl groups is 1. The van der Waals surface area contributed by atoms with Gasteiger partial charge in [0.15, 0.2) is 17.2 Å². The number of likely N-dealkylation sites (N-methyl/N-ethyl adjacent to an activating group) is 1. The van der Waals surface area contributed by atoms with Crippen molar-refractivity contribution in [1.29, 1.82) is 0 Å². The Morgan fingerprint density at radius 2 is 1.93 bits per heavy atom. The van der Waals surface area contributed by atoms with Crippen molar-refractivity contribution in [3.8, 4) is 17.2 Å². The molecule has 0 aromatic heterocycles. The van der Waals surface area contributed by atoms with Gasteiger partial charge in [-0.1, -0.05) is 38.3 Å². The second-order valence-corrected chi connectivity index (χ2v) is 11.6. The molecular weight excluding hydrogens is 524 g/mol. The Bertz CT molecular complexity index is 1230. The van der Waals surface area contributed by atoms with Crippen LogP contribution in [0.15, 0.2) is 36.4 Å². The number of amides is 3. The molecule has 3 N–H and O–H groups in total. The maximum Gasteiger partial charge on any atom is 0.319 e. The number of nitrogens with one attached hydrogen (secondary N) is 2. The number of hydrogen-bond acceptors (Lipinski definition) is 7. The van der Waals surface area contributed by atoms with E-state index in [0.717, 1.165) is 42.7 Å². The Morgan fingerprint density at radius 3 is 2.71 bits per heavy atom. The summed E-state index contributed by atoms with van der Waals surface area (Å²) in [5, 5.41) is 16.0. The van der Waals surface area contributed by atoms with Gasteiger partial charge < -0.3 is 34.9 Å². The van der Waals surface area contributed by atoms with Crippen molar-refractivity contribution in [3.63, 3.8) is 0 Å². The van der Waals surface area contributed by atoms with Crippen LogP contribution in [0.1, 0.15) is 61.9 Å². The molecule has 1 aliphatic carbocycles. The molecule has 10 heteroatoms. The highest BCUT2D eigenvalue weighted by atomic mass is 16.7. The molecule has 2 heterocycles. The highest BCUT2D eigenvalue weighted by Crippen LogP contribution is 2.36. The number of anilines is 1. The molecule has 0 unspecified atom stereocenters. The number of aliphatic hydroxyl groups excluding tert-OH is 1. The van der Waals surface area contributed by atoms with Crippen molar-refractivity contribution < 1.29 is 28.9 Å². The molecule has 5 rings (SSSR count). The van der Waals surface area contributed by atoms with E-state index in [1.54, 1.807) is 23.1 Å². The fraction of sp³-hybridized carbons (Fsp3) is 0.548. The molecule has 222 valence electrons. The monoisotopic (exact) mass is 566 g/mol. The summed E-state index contributed by atoms with van der Waals surface area (Å²) in [4.78, 5) is 30.6. The summed E-state index contributed by atoms with van der Waals surface area (Å²) in [6.45, 7) is 5.65. The zero-order valence-electron chi connectivity index (χ0n) is 24.2. The third kappa shape index (κ3) is 6.87. The molecule has 3 atom stereocenters. The number of ether oxygens (including phenoxy) is 3. The number of carbonyl (C=O) groups excluding carboxylic acids is 2. The van der Waals surface area contributed by atoms with Crippen molar-refractivity contribution in [2.24, 2.45) is 5.92 Å². The van der Waals surface area contributed by atoms with E-state index in [-0.39, 0.29) is 49.4 Å². The van der Waals surface area contributed by atoms with Crippen molar-refractivity contribution in [3.05, 3.63) is 47.5 Å². The van der Waals surface area contributed by atoms with Gasteiger partial charge >= 0.3 is 6.03 Å². The maximum atomic E-state index is 13.7. The van der Waals surface area contributed by atoms with Crippen LogP contribution in [0.2, 0.25) is 0 Å². The molecule has 1 saturated carbocycles. The molecule has 2 aliphatic heterocycles. The summed E-state index contributed by atoms with van der Waals surface area (Å²) in [7, 11) is 2.03. The number of urea groups is 1. The van der Waals surface area contributed by atoms with Gasteiger partial charge in [-0.2, -0.15) is 0 Å². The van der Waals surface area contributed by atoms with Gasteiger partial charge in [-0.25, -0.2) is 4.79 Å². The van der Waals surface area contributed by atoms with E-state index in [2.05, 4.69) is 22.5 Å². The van der Waals surface area contributed by atoms with E-state index in [4.69, 9.17) is 14.2 Å². The molecule has 41 heavy (non-hydrogen) atoms. The minimum absolute atomic E-state index is 0.0515. The number of carbonyl (C=O) groups is 2. The van der Waals surface area contributed by atoms with Crippen LogP contribution in [0.5, 0.6) is 17.2 Å². The minimum atomic E-state index is -0.367. The number of nitrogens with zero attached hydrogens (tertiary/aromatic N) is 2. The summed E-state index contributed by atoms with van der Waals surface area (Å²) in [5.74, 6) is 1.58. The zero-order chi connectivity index (χ0) is 28.9. The first-order valence-corrected chi connectivity index (χ1v) is 14.7. The van der Waals surface area contributed by atoms with Gasteiger partial charge in [0, 0.05) is 31.6 Å². The lowest BCUT2D eigenvalue weighted by atomic mass is 9.96. The van der Waals surface area contributed by atoms with Crippen molar-refractivity contribution in [2.45, 2.75) is 70.7 Å². The maximum absolute atomic E-state index is 13.7. The first-order chi connectivity index (χ1) is 19.8. The van der Waals surface area contributed by atoms with Crippen LogP contribution in [-0.4, -0.2) is 78.6 Å². The second kappa shape index (κ2) is 13.0. The third-order valence-electron chi connectivity index (χ3n) is 8.26. The first kappa shape index (κ1) is 29.0. The lowest BCUT2D eigenvalue weighted by Crippen LogP contribution is -2.50. The van der Waals surface area contributed by atoms with E-state index in [1.165, 1.54) is 6.42 Å². The van der Waals surface area contributed by atoms with Crippen molar-refractivity contribution >= 4 is 17.6 Å². The molecule has 0 saturated heterocycles. The fourth-order valence-corrected chi connectivity index (χ4v) is 5.87. The van der Waals surface area contributed by atoms with E-state index in [9.17, 15) is 14.7 Å². The number of benzene rings is 2. The summed E-state index contributed by atoms with van der Waals surface area (Å²) in [6.07, 6.45) is 5.08. The van der Waals surface area contributed by atoms with Crippen LogP contribution < -0.4 is 24.8 Å². The minimum Gasteiger partial charge on any atom is -0.486 e. The molecular formula is C31H42N4O6. The smallest absolute Gasteiger partial charge is 0.319 e.